The van der Waals surface area contributed by atoms with Gasteiger partial charge in [0.15, 0.2) is 0 Å². The van der Waals surface area contributed by atoms with E-state index in [2.05, 4.69) is 5.32 Å². The van der Waals surface area contributed by atoms with E-state index in [-0.39, 0.29) is 18.9 Å². The van der Waals surface area contributed by atoms with Crippen LogP contribution in [0.25, 0.3) is 0 Å². The zero-order valence-electron chi connectivity index (χ0n) is 20.4. The highest BCUT2D eigenvalue weighted by molar-refractivity contribution is 7.85. The first-order valence-corrected chi connectivity index (χ1v) is 13.6. The lowest BCUT2D eigenvalue weighted by Gasteiger charge is -2.18. The topological polar surface area (TPSA) is 55.4 Å². The Balaban J connectivity index is 1.65. The Labute approximate surface area is 222 Å². The molecule has 0 saturated carbocycles. The average molecular weight is 552 g/mol. The average Bonchev–Trinajstić information content (AvgIpc) is 2.88. The Morgan fingerprint density at radius 3 is 2.05 bits per heavy atom. The summed E-state index contributed by atoms with van der Waals surface area (Å²) in [4.78, 5) is 13.8. The molecule has 1 N–H and O–H groups in total. The smallest absolute Gasteiger partial charge is 0.372 e. The number of hydrogen-bond acceptors (Lipinski definition) is 3. The Bertz CT molecular complexity index is 1170. The molecule has 2 atom stereocenters. The van der Waals surface area contributed by atoms with Crippen molar-refractivity contribution in [3.63, 3.8) is 0 Å². The molecule has 37 heavy (non-hydrogen) atoms. The molecule has 3 aromatic carbocycles. The van der Waals surface area contributed by atoms with Gasteiger partial charge in [-0.3, -0.25) is 9.00 Å². The van der Waals surface area contributed by atoms with E-state index in [4.69, 9.17) is 16.3 Å². The van der Waals surface area contributed by atoms with E-state index in [9.17, 15) is 22.2 Å². The van der Waals surface area contributed by atoms with Gasteiger partial charge < -0.3 is 10.1 Å². The minimum atomic E-state index is -4.43. The van der Waals surface area contributed by atoms with Crippen molar-refractivity contribution in [1.29, 1.82) is 0 Å². The number of carbonyl (C=O) groups is 1. The highest BCUT2D eigenvalue weighted by Gasteiger charge is 2.28. The van der Waals surface area contributed by atoms with Crippen LogP contribution in [0.4, 0.5) is 18.9 Å². The summed E-state index contributed by atoms with van der Waals surface area (Å²) in [7, 11) is -1.14. The molecular formula is C28H29ClF3NO3S. The second-order valence-electron chi connectivity index (χ2n) is 8.52. The van der Waals surface area contributed by atoms with Gasteiger partial charge in [-0.2, -0.15) is 13.2 Å². The van der Waals surface area contributed by atoms with Gasteiger partial charge in [0.05, 0.1) is 16.7 Å². The number of hydrogen-bond donors (Lipinski definition) is 1. The molecule has 0 radical (unpaired) electrons. The zero-order valence-corrected chi connectivity index (χ0v) is 22.0. The van der Waals surface area contributed by atoms with Gasteiger partial charge in [-0.25, -0.2) is 0 Å². The van der Waals surface area contributed by atoms with Gasteiger partial charge in [-0.05, 0) is 72.4 Å². The first-order valence-electron chi connectivity index (χ1n) is 11.9. The van der Waals surface area contributed by atoms with E-state index in [0.29, 0.717) is 26.9 Å². The molecule has 0 heterocycles. The molecular weight excluding hydrogens is 523 g/mol. The van der Waals surface area contributed by atoms with Gasteiger partial charge in [-0.1, -0.05) is 54.9 Å². The van der Waals surface area contributed by atoms with Crippen LogP contribution >= 0.6 is 11.6 Å². The van der Waals surface area contributed by atoms with E-state index < -0.39 is 29.5 Å². The highest BCUT2D eigenvalue weighted by atomic mass is 35.5. The molecule has 0 saturated heterocycles. The molecule has 0 aromatic heterocycles. The molecule has 0 aliphatic rings. The Morgan fingerprint density at radius 1 is 0.946 bits per heavy atom. The molecule has 3 aromatic rings. The third kappa shape index (κ3) is 9.61. The Hall–Kier alpha value is -2.68. The quantitative estimate of drug-likeness (QED) is 0.248. The Kier molecular flexibility index (Phi) is 10.7. The van der Waals surface area contributed by atoms with Crippen molar-refractivity contribution in [3.05, 3.63) is 94.5 Å². The van der Waals surface area contributed by atoms with Crippen molar-refractivity contribution < 1.29 is 26.9 Å². The number of ether oxygens (including phenoxy) is 1. The zero-order chi connectivity index (χ0) is 26.8. The molecule has 0 fully saturated rings. The fourth-order valence-electron chi connectivity index (χ4n) is 3.78. The standard InChI is InChI=1S/C28H29ClF3NO3S/c1-2-37(35)25-15-9-22(10-16-25)26(17-18-36-19-28(30,31)32)27(34)33-24-13-7-21(8-14-24)4-3-20-5-11-23(29)12-6-20/h5-16,26H,2-4,17-19H2,1H3,(H,33,34). The third-order valence-electron chi connectivity index (χ3n) is 5.78. The van der Waals surface area contributed by atoms with E-state index in [1.807, 2.05) is 36.4 Å². The highest BCUT2D eigenvalue weighted by Crippen LogP contribution is 2.25. The van der Waals surface area contributed by atoms with E-state index in [1.165, 1.54) is 5.56 Å². The SMILES string of the molecule is CCS(=O)c1ccc(C(CCOCC(F)(F)F)C(=O)Nc2ccc(CCc3ccc(Cl)cc3)cc2)cc1. The van der Waals surface area contributed by atoms with Crippen molar-refractivity contribution in [1.82, 2.24) is 0 Å². The van der Waals surface area contributed by atoms with Crippen molar-refractivity contribution in [2.24, 2.45) is 0 Å². The molecule has 0 spiro atoms. The molecule has 2 unspecified atom stereocenters. The number of carbonyl (C=O) groups excluding carboxylic acids is 1. The fourth-order valence-corrected chi connectivity index (χ4v) is 4.68. The monoisotopic (exact) mass is 551 g/mol. The number of anilines is 1. The summed E-state index contributed by atoms with van der Waals surface area (Å²) in [6, 6.07) is 21.9. The molecule has 0 aliphatic heterocycles. The summed E-state index contributed by atoms with van der Waals surface area (Å²) in [5, 5.41) is 3.56. The van der Waals surface area contributed by atoms with Crippen LogP contribution in [0.2, 0.25) is 5.02 Å². The number of halogens is 4. The maximum absolute atomic E-state index is 13.1. The first kappa shape index (κ1) is 28.9. The van der Waals surface area contributed by atoms with Gasteiger partial charge in [0.25, 0.3) is 0 Å². The number of benzene rings is 3. The summed E-state index contributed by atoms with van der Waals surface area (Å²) in [5.41, 5.74) is 3.48. The lowest BCUT2D eigenvalue weighted by atomic mass is 9.95. The molecule has 0 aliphatic carbocycles. The largest absolute Gasteiger partial charge is 0.411 e. The number of aryl methyl sites for hydroxylation is 2. The maximum atomic E-state index is 13.1. The maximum Gasteiger partial charge on any atom is 0.411 e. The van der Waals surface area contributed by atoms with Crippen molar-refractivity contribution in [2.75, 3.05) is 24.3 Å². The molecule has 198 valence electrons. The molecule has 4 nitrogen and oxygen atoms in total. The predicted molar refractivity (Wildman–Crippen MR) is 142 cm³/mol. The normalized spacial score (nSPS) is 13.2. The summed E-state index contributed by atoms with van der Waals surface area (Å²) in [6.07, 6.45) is -2.70. The predicted octanol–water partition coefficient (Wildman–Crippen LogP) is 6.94. The van der Waals surface area contributed by atoms with Crippen molar-refractivity contribution in [2.45, 2.75) is 43.2 Å². The van der Waals surface area contributed by atoms with E-state index in [0.717, 1.165) is 18.4 Å². The second kappa shape index (κ2) is 13.7. The second-order valence-corrected chi connectivity index (χ2v) is 10.7. The van der Waals surface area contributed by atoms with Crippen LogP contribution in [0.1, 0.15) is 36.0 Å². The van der Waals surface area contributed by atoms with Crippen LogP contribution in [-0.2, 0) is 33.2 Å². The van der Waals surface area contributed by atoms with Gasteiger partial charge in [-0.15, -0.1) is 0 Å². The van der Waals surface area contributed by atoms with Crippen molar-refractivity contribution in [3.8, 4) is 0 Å². The van der Waals surface area contributed by atoms with Gasteiger partial charge in [0.2, 0.25) is 5.91 Å². The number of rotatable bonds is 12. The van der Waals surface area contributed by atoms with Crippen LogP contribution in [0, 0.1) is 0 Å². The third-order valence-corrected chi connectivity index (χ3v) is 7.35. The summed E-state index contributed by atoms with van der Waals surface area (Å²) in [5.74, 6) is -0.625. The van der Waals surface area contributed by atoms with E-state index >= 15 is 0 Å². The fraction of sp³-hybridized carbons (Fsp3) is 0.321. The lowest BCUT2D eigenvalue weighted by Crippen LogP contribution is -2.24. The van der Waals surface area contributed by atoms with Crippen LogP contribution < -0.4 is 5.32 Å². The van der Waals surface area contributed by atoms with E-state index in [1.54, 1.807) is 43.3 Å². The van der Waals surface area contributed by atoms with Gasteiger partial charge >= 0.3 is 6.18 Å². The van der Waals surface area contributed by atoms with Gasteiger partial charge in [0, 0.05) is 28.0 Å². The molecule has 9 heteroatoms. The number of alkyl halides is 3. The molecule has 0 bridgehead atoms. The summed E-state index contributed by atoms with van der Waals surface area (Å²) >= 11 is 5.93. The lowest BCUT2D eigenvalue weighted by molar-refractivity contribution is -0.174. The van der Waals surface area contributed by atoms with Crippen LogP contribution in [0.5, 0.6) is 0 Å². The summed E-state index contributed by atoms with van der Waals surface area (Å²) < 4.78 is 54.2. The summed E-state index contributed by atoms with van der Waals surface area (Å²) in [6.45, 7) is 0.207. The minimum absolute atomic E-state index is 0.0668. The number of amides is 1. The van der Waals surface area contributed by atoms with Gasteiger partial charge in [0.1, 0.15) is 6.61 Å². The minimum Gasteiger partial charge on any atom is -0.372 e. The number of nitrogens with one attached hydrogen (secondary N) is 1. The van der Waals surface area contributed by atoms with Crippen molar-refractivity contribution >= 4 is 34.0 Å². The Morgan fingerprint density at radius 2 is 1.51 bits per heavy atom. The molecule has 1 amide bonds. The van der Waals surface area contributed by atoms with Crippen LogP contribution in [-0.4, -0.2) is 35.3 Å². The molecule has 3 rings (SSSR count). The van der Waals surface area contributed by atoms with Crippen LogP contribution in [0.15, 0.2) is 77.7 Å². The first-order chi connectivity index (χ1) is 17.6. The van der Waals surface area contributed by atoms with Crippen LogP contribution in [0.3, 0.4) is 0 Å².